The lowest BCUT2D eigenvalue weighted by Crippen LogP contribution is -2.50. The second kappa shape index (κ2) is 6.94. The lowest BCUT2D eigenvalue weighted by Gasteiger charge is -2.41. The van der Waals surface area contributed by atoms with Gasteiger partial charge in [0.25, 0.3) is 0 Å². The summed E-state index contributed by atoms with van der Waals surface area (Å²) in [4.78, 5) is 18.9. The minimum Gasteiger partial charge on any atom is -0.444 e. The van der Waals surface area contributed by atoms with Crippen molar-refractivity contribution in [2.24, 2.45) is 16.6 Å². The van der Waals surface area contributed by atoms with Crippen molar-refractivity contribution in [2.75, 3.05) is 13.1 Å². The zero-order valence-corrected chi connectivity index (χ0v) is 15.2. The average molecular weight is 344 g/mol. The van der Waals surface area contributed by atoms with Gasteiger partial charge in [-0.25, -0.2) is 4.79 Å². The van der Waals surface area contributed by atoms with Crippen molar-refractivity contribution in [1.29, 1.82) is 0 Å². The highest BCUT2D eigenvalue weighted by Crippen LogP contribution is 2.32. The van der Waals surface area contributed by atoms with Gasteiger partial charge >= 0.3 is 6.09 Å². The van der Waals surface area contributed by atoms with E-state index < -0.39 is 5.60 Å². The lowest BCUT2D eigenvalue weighted by molar-refractivity contribution is 0.0478. The summed E-state index contributed by atoms with van der Waals surface area (Å²) in [5.41, 5.74) is 7.62. The number of carbonyl (C=O) groups excluding carboxylic acids is 1. The van der Waals surface area contributed by atoms with E-state index in [-0.39, 0.29) is 24.1 Å². The third kappa shape index (κ3) is 4.24. The second-order valence-corrected chi connectivity index (χ2v) is 7.84. The number of dihydropyridines is 1. The molecule has 2 heterocycles. The van der Waals surface area contributed by atoms with E-state index in [0.29, 0.717) is 0 Å². The third-order valence-electron chi connectivity index (χ3n) is 4.59. The van der Waals surface area contributed by atoms with Crippen LogP contribution in [0.2, 0.25) is 0 Å². The summed E-state index contributed by atoms with van der Waals surface area (Å²) in [5.74, 6) is 0.176. The van der Waals surface area contributed by atoms with E-state index in [9.17, 15) is 4.79 Å². The van der Waals surface area contributed by atoms with E-state index in [0.717, 1.165) is 37.3 Å². The fourth-order valence-electron chi connectivity index (χ4n) is 3.60. The number of hydrogen-bond donors (Lipinski definition) is 2. The molecule has 3 rings (SSSR count). The van der Waals surface area contributed by atoms with Gasteiger partial charge in [0.15, 0.2) is 0 Å². The standard InChI is InChI=1S/C19H28N4O2/c1-19(2,3)25-18(24)22-13-7-6-10-23(12-13)17-14-8-4-5-9-16(14)21-11-15(17)20/h4-5,8-9,11,13-14,16H,6-7,10,12,20H2,1-3H3,(H,22,24)/t13-,14?,16?/m0/s1. The fourth-order valence-corrected chi connectivity index (χ4v) is 3.60. The molecule has 0 bridgehead atoms. The van der Waals surface area contributed by atoms with E-state index in [1.165, 1.54) is 0 Å². The quantitative estimate of drug-likeness (QED) is 0.806. The molecule has 3 aliphatic rings. The number of carbonyl (C=O) groups is 1. The molecule has 6 heteroatoms. The Balaban J connectivity index is 1.68. The van der Waals surface area contributed by atoms with Gasteiger partial charge in [0, 0.05) is 37.0 Å². The summed E-state index contributed by atoms with van der Waals surface area (Å²) >= 11 is 0. The predicted octanol–water partition coefficient (Wildman–Crippen LogP) is 2.34. The van der Waals surface area contributed by atoms with E-state index in [1.807, 2.05) is 26.8 Å². The highest BCUT2D eigenvalue weighted by molar-refractivity contribution is 5.80. The topological polar surface area (TPSA) is 80.0 Å². The van der Waals surface area contributed by atoms with Gasteiger partial charge in [-0.05, 0) is 33.6 Å². The molecular weight excluding hydrogens is 316 g/mol. The number of fused-ring (bicyclic) bond motifs is 1. The zero-order chi connectivity index (χ0) is 18.0. The van der Waals surface area contributed by atoms with Crippen molar-refractivity contribution in [2.45, 2.75) is 51.3 Å². The Labute approximate surface area is 149 Å². The van der Waals surface area contributed by atoms with Crippen molar-refractivity contribution < 1.29 is 9.53 Å². The Bertz CT molecular complexity index is 642. The van der Waals surface area contributed by atoms with Crippen LogP contribution in [0.25, 0.3) is 0 Å². The van der Waals surface area contributed by atoms with Gasteiger partial charge in [0.1, 0.15) is 5.60 Å². The molecule has 2 unspecified atom stereocenters. The maximum atomic E-state index is 12.1. The van der Waals surface area contributed by atoms with E-state index in [2.05, 4.69) is 33.4 Å². The molecule has 1 aliphatic carbocycles. The second-order valence-electron chi connectivity index (χ2n) is 7.84. The van der Waals surface area contributed by atoms with Gasteiger partial charge in [-0.15, -0.1) is 0 Å². The number of nitrogens with one attached hydrogen (secondary N) is 1. The van der Waals surface area contributed by atoms with Crippen molar-refractivity contribution >= 4 is 12.3 Å². The predicted molar refractivity (Wildman–Crippen MR) is 99.2 cm³/mol. The zero-order valence-electron chi connectivity index (χ0n) is 15.2. The van der Waals surface area contributed by atoms with Crippen LogP contribution in [0.1, 0.15) is 33.6 Å². The van der Waals surface area contributed by atoms with Crippen molar-refractivity contribution in [1.82, 2.24) is 10.2 Å². The molecule has 3 N–H and O–H groups in total. The summed E-state index contributed by atoms with van der Waals surface area (Å²) in [7, 11) is 0. The number of amides is 1. The number of likely N-dealkylation sites (tertiary alicyclic amines) is 1. The molecule has 0 spiro atoms. The van der Waals surface area contributed by atoms with Crippen LogP contribution in [-0.2, 0) is 4.74 Å². The van der Waals surface area contributed by atoms with E-state index in [1.54, 1.807) is 6.21 Å². The van der Waals surface area contributed by atoms with Gasteiger partial charge in [0.05, 0.1) is 11.7 Å². The molecule has 2 aliphatic heterocycles. The highest BCUT2D eigenvalue weighted by Gasteiger charge is 2.33. The summed E-state index contributed by atoms with van der Waals surface area (Å²) in [6, 6.07) is 0.177. The van der Waals surface area contributed by atoms with E-state index >= 15 is 0 Å². The molecule has 3 atom stereocenters. The van der Waals surface area contributed by atoms with Gasteiger partial charge in [-0.3, -0.25) is 4.99 Å². The largest absolute Gasteiger partial charge is 0.444 e. The van der Waals surface area contributed by atoms with Crippen LogP contribution in [0.15, 0.2) is 40.7 Å². The normalized spacial score (nSPS) is 28.8. The van der Waals surface area contributed by atoms with Crippen LogP contribution in [0.4, 0.5) is 4.79 Å². The number of aliphatic imine (C=N–C) groups is 1. The smallest absolute Gasteiger partial charge is 0.407 e. The number of nitrogens with two attached hydrogens (primary N) is 1. The Morgan fingerprint density at radius 2 is 2.12 bits per heavy atom. The molecule has 6 nitrogen and oxygen atoms in total. The molecule has 1 fully saturated rings. The third-order valence-corrected chi connectivity index (χ3v) is 4.59. The Morgan fingerprint density at radius 3 is 2.88 bits per heavy atom. The molecule has 136 valence electrons. The monoisotopic (exact) mass is 344 g/mol. The number of nitrogens with zero attached hydrogens (tertiary/aromatic N) is 2. The first kappa shape index (κ1) is 17.6. The number of piperidine rings is 1. The molecule has 0 aromatic rings. The number of allylic oxidation sites excluding steroid dienone is 3. The van der Waals surface area contributed by atoms with E-state index in [4.69, 9.17) is 10.5 Å². The van der Waals surface area contributed by atoms with Gasteiger partial charge in [-0.2, -0.15) is 0 Å². The first-order valence-electron chi connectivity index (χ1n) is 8.96. The number of ether oxygens (including phenoxy) is 1. The highest BCUT2D eigenvalue weighted by atomic mass is 16.6. The Hall–Kier alpha value is -2.24. The molecule has 0 aromatic heterocycles. The summed E-state index contributed by atoms with van der Waals surface area (Å²) < 4.78 is 5.38. The minimum absolute atomic E-state index is 0.0596. The average Bonchev–Trinajstić information content (AvgIpc) is 2.53. The number of rotatable bonds is 2. The minimum atomic E-state index is -0.488. The van der Waals surface area contributed by atoms with Crippen molar-refractivity contribution in [3.8, 4) is 0 Å². The molecule has 1 saturated heterocycles. The van der Waals surface area contributed by atoms with Gasteiger partial charge in [-0.1, -0.05) is 24.3 Å². The fraction of sp³-hybridized carbons (Fsp3) is 0.579. The summed E-state index contributed by atoms with van der Waals surface area (Å²) in [6.07, 6.45) is 11.7. The van der Waals surface area contributed by atoms with Crippen LogP contribution < -0.4 is 11.1 Å². The molecule has 1 amide bonds. The van der Waals surface area contributed by atoms with Crippen molar-refractivity contribution in [3.63, 3.8) is 0 Å². The van der Waals surface area contributed by atoms with Crippen LogP contribution in [0.3, 0.4) is 0 Å². The Kier molecular flexibility index (Phi) is 4.88. The van der Waals surface area contributed by atoms with Crippen LogP contribution >= 0.6 is 0 Å². The molecule has 0 aromatic carbocycles. The van der Waals surface area contributed by atoms with Crippen LogP contribution in [0.5, 0.6) is 0 Å². The maximum Gasteiger partial charge on any atom is 0.407 e. The summed E-state index contributed by atoms with van der Waals surface area (Å²) in [6.45, 7) is 7.29. The van der Waals surface area contributed by atoms with Gasteiger partial charge in [0.2, 0.25) is 0 Å². The van der Waals surface area contributed by atoms with Crippen molar-refractivity contribution in [3.05, 3.63) is 35.7 Å². The molecular formula is C19H28N4O2. The number of hydrogen-bond acceptors (Lipinski definition) is 5. The molecule has 0 radical (unpaired) electrons. The Morgan fingerprint density at radius 1 is 1.36 bits per heavy atom. The maximum absolute atomic E-state index is 12.1. The molecule has 0 saturated carbocycles. The first-order chi connectivity index (χ1) is 11.8. The number of alkyl carbamates (subject to hydrolysis) is 1. The first-order valence-corrected chi connectivity index (χ1v) is 8.96. The van der Waals surface area contributed by atoms with Crippen LogP contribution in [-0.4, -0.2) is 48.0 Å². The lowest BCUT2D eigenvalue weighted by atomic mass is 9.87. The van der Waals surface area contributed by atoms with Crippen LogP contribution in [0, 0.1) is 5.92 Å². The summed E-state index contributed by atoms with van der Waals surface area (Å²) in [5, 5.41) is 3.00. The van der Waals surface area contributed by atoms with Gasteiger partial charge < -0.3 is 20.7 Å². The SMILES string of the molecule is CC(C)(C)OC(=O)N[C@H]1CCCN(C2=C(N)C=NC3C=CC=CC23)C1. The molecule has 25 heavy (non-hydrogen) atoms.